The summed E-state index contributed by atoms with van der Waals surface area (Å²) in [6.07, 6.45) is 6.78. The molecule has 7 heteroatoms. The van der Waals surface area contributed by atoms with Crippen molar-refractivity contribution in [1.29, 1.82) is 0 Å². The third-order valence-electron chi connectivity index (χ3n) is 5.37. The second-order valence-electron chi connectivity index (χ2n) is 7.43. The summed E-state index contributed by atoms with van der Waals surface area (Å²) in [5, 5.41) is 2.58. The van der Waals surface area contributed by atoms with Crippen molar-refractivity contribution in [2.24, 2.45) is 5.41 Å². The van der Waals surface area contributed by atoms with Crippen molar-refractivity contribution < 1.29 is 14.4 Å². The Balaban J connectivity index is 1.65. The highest BCUT2D eigenvalue weighted by Crippen LogP contribution is 2.39. The van der Waals surface area contributed by atoms with Crippen LogP contribution in [0.3, 0.4) is 0 Å². The molecule has 1 aromatic heterocycles. The number of rotatable bonds is 4. The third kappa shape index (κ3) is 4.39. The first-order valence-electron chi connectivity index (χ1n) is 9.16. The highest BCUT2D eigenvalue weighted by molar-refractivity contribution is 5.84. The van der Waals surface area contributed by atoms with E-state index in [4.69, 9.17) is 0 Å². The number of nitrogens with zero attached hydrogens (tertiary/aromatic N) is 3. The van der Waals surface area contributed by atoms with E-state index in [1.54, 1.807) is 12.4 Å². The molecule has 0 radical (unpaired) electrons. The van der Waals surface area contributed by atoms with Crippen LogP contribution in [0.5, 0.6) is 0 Å². The van der Waals surface area contributed by atoms with Crippen molar-refractivity contribution in [3.05, 3.63) is 30.1 Å². The van der Waals surface area contributed by atoms with Crippen LogP contribution in [-0.2, 0) is 20.9 Å². The summed E-state index contributed by atoms with van der Waals surface area (Å²) in [4.78, 5) is 43.6. The van der Waals surface area contributed by atoms with Gasteiger partial charge in [0, 0.05) is 57.3 Å². The summed E-state index contributed by atoms with van der Waals surface area (Å²) in [7, 11) is 0. The summed E-state index contributed by atoms with van der Waals surface area (Å²) in [5.74, 6) is -0.0668. The lowest BCUT2D eigenvalue weighted by atomic mass is 9.73. The lowest BCUT2D eigenvalue weighted by molar-refractivity contribution is -0.143. The first-order valence-corrected chi connectivity index (χ1v) is 9.16. The number of carbonyl (C=O) groups excluding carboxylic acids is 3. The molecule has 1 aromatic rings. The zero-order valence-electron chi connectivity index (χ0n) is 15.2. The first kappa shape index (κ1) is 18.4. The van der Waals surface area contributed by atoms with Gasteiger partial charge >= 0.3 is 0 Å². The van der Waals surface area contributed by atoms with E-state index in [9.17, 15) is 14.4 Å². The average Bonchev–Trinajstić information content (AvgIpc) is 2.64. The number of likely N-dealkylation sites (tertiary alicyclic amines) is 2. The molecule has 2 fully saturated rings. The normalized spacial score (nSPS) is 23.2. The monoisotopic (exact) mass is 358 g/mol. The molecule has 140 valence electrons. The molecule has 0 saturated carbocycles. The van der Waals surface area contributed by atoms with Gasteiger partial charge in [-0.25, -0.2) is 0 Å². The van der Waals surface area contributed by atoms with Crippen LogP contribution in [0.15, 0.2) is 24.5 Å². The van der Waals surface area contributed by atoms with Crippen LogP contribution in [0, 0.1) is 5.41 Å². The Kier molecular flexibility index (Phi) is 5.54. The van der Waals surface area contributed by atoms with Crippen molar-refractivity contribution in [2.45, 2.75) is 39.2 Å². The van der Waals surface area contributed by atoms with Crippen molar-refractivity contribution in [1.82, 2.24) is 20.1 Å². The molecule has 1 atom stereocenters. The topological polar surface area (TPSA) is 82.6 Å². The van der Waals surface area contributed by atoms with Gasteiger partial charge < -0.3 is 15.1 Å². The summed E-state index contributed by atoms with van der Waals surface area (Å²) in [6, 6.07) is 3.86. The Bertz CT molecular complexity index is 679. The van der Waals surface area contributed by atoms with E-state index >= 15 is 0 Å². The maximum absolute atomic E-state index is 12.4. The predicted molar refractivity (Wildman–Crippen MR) is 95.8 cm³/mol. The fourth-order valence-electron chi connectivity index (χ4n) is 4.02. The lowest BCUT2D eigenvalue weighted by Crippen LogP contribution is -2.55. The van der Waals surface area contributed by atoms with Gasteiger partial charge in [0.15, 0.2) is 0 Å². The number of hydrogen-bond acceptors (Lipinski definition) is 4. The standard InChI is InChI=1S/C19H26N4O3/c1-15(24)21-11-18(26)22-10-2-6-19(13-22)7-3-17(25)23(14-19)12-16-4-8-20-9-5-16/h4-5,8-9H,2-3,6-7,10-14H2,1H3,(H,21,24)/t19-/m0/s1. The molecular weight excluding hydrogens is 332 g/mol. The minimum absolute atomic E-state index is 0.0366. The van der Waals surface area contributed by atoms with Gasteiger partial charge in [-0.15, -0.1) is 0 Å². The maximum Gasteiger partial charge on any atom is 0.241 e. The van der Waals surface area contributed by atoms with E-state index in [2.05, 4.69) is 10.3 Å². The summed E-state index contributed by atoms with van der Waals surface area (Å²) in [6.45, 7) is 4.10. The molecule has 0 unspecified atom stereocenters. The van der Waals surface area contributed by atoms with Crippen LogP contribution >= 0.6 is 0 Å². The molecule has 26 heavy (non-hydrogen) atoms. The van der Waals surface area contributed by atoms with E-state index in [1.165, 1.54) is 6.92 Å². The van der Waals surface area contributed by atoms with Crippen LogP contribution in [0.25, 0.3) is 0 Å². The maximum atomic E-state index is 12.4. The van der Waals surface area contributed by atoms with E-state index in [1.807, 2.05) is 21.9 Å². The second-order valence-corrected chi connectivity index (χ2v) is 7.43. The van der Waals surface area contributed by atoms with Crippen LogP contribution in [0.1, 0.15) is 38.2 Å². The Morgan fingerprint density at radius 3 is 2.73 bits per heavy atom. The molecule has 3 rings (SSSR count). The molecule has 2 aliphatic heterocycles. The van der Waals surface area contributed by atoms with Gasteiger partial charge in [0.1, 0.15) is 0 Å². The van der Waals surface area contributed by atoms with Crippen molar-refractivity contribution in [3.63, 3.8) is 0 Å². The Hall–Kier alpha value is -2.44. The minimum atomic E-state index is -0.197. The molecule has 1 spiro atoms. The smallest absolute Gasteiger partial charge is 0.241 e. The van der Waals surface area contributed by atoms with Gasteiger partial charge in [0.25, 0.3) is 0 Å². The van der Waals surface area contributed by atoms with Crippen LogP contribution in [0.4, 0.5) is 0 Å². The van der Waals surface area contributed by atoms with Crippen LogP contribution in [-0.4, -0.2) is 58.7 Å². The second kappa shape index (κ2) is 7.85. The average molecular weight is 358 g/mol. The zero-order chi connectivity index (χ0) is 18.6. The Morgan fingerprint density at radius 2 is 2.00 bits per heavy atom. The van der Waals surface area contributed by atoms with Crippen LogP contribution in [0.2, 0.25) is 0 Å². The van der Waals surface area contributed by atoms with E-state index in [0.717, 1.165) is 31.4 Å². The molecular formula is C19H26N4O3. The molecule has 2 aliphatic rings. The number of amides is 3. The summed E-state index contributed by atoms with van der Waals surface area (Å²) >= 11 is 0. The van der Waals surface area contributed by atoms with Gasteiger partial charge in [0.2, 0.25) is 17.7 Å². The number of hydrogen-bond donors (Lipinski definition) is 1. The lowest BCUT2D eigenvalue weighted by Gasteiger charge is -2.48. The summed E-state index contributed by atoms with van der Waals surface area (Å²) < 4.78 is 0. The number of pyridine rings is 1. The van der Waals surface area contributed by atoms with Gasteiger partial charge in [-0.3, -0.25) is 19.4 Å². The van der Waals surface area contributed by atoms with E-state index in [0.29, 0.717) is 26.1 Å². The van der Waals surface area contributed by atoms with E-state index < -0.39 is 0 Å². The predicted octanol–water partition coefficient (Wildman–Crippen LogP) is 0.949. The van der Waals surface area contributed by atoms with Gasteiger partial charge in [-0.2, -0.15) is 0 Å². The number of nitrogens with one attached hydrogen (secondary N) is 1. The summed E-state index contributed by atoms with van der Waals surface area (Å²) in [5.41, 5.74) is 1.03. The first-order chi connectivity index (χ1) is 12.5. The van der Waals surface area contributed by atoms with E-state index in [-0.39, 0.29) is 29.7 Å². The molecule has 2 saturated heterocycles. The Labute approximate surface area is 153 Å². The molecule has 7 nitrogen and oxygen atoms in total. The van der Waals surface area contributed by atoms with Gasteiger partial charge in [-0.05, 0) is 37.0 Å². The highest BCUT2D eigenvalue weighted by Gasteiger charge is 2.42. The van der Waals surface area contributed by atoms with Gasteiger partial charge in [-0.1, -0.05) is 0 Å². The number of aromatic nitrogens is 1. The zero-order valence-corrected chi connectivity index (χ0v) is 15.2. The fraction of sp³-hybridized carbons (Fsp3) is 0.579. The fourth-order valence-corrected chi connectivity index (χ4v) is 4.02. The number of piperidine rings is 2. The molecule has 0 aromatic carbocycles. The SMILES string of the molecule is CC(=O)NCC(=O)N1CCC[C@]2(CCC(=O)N(Cc3ccncc3)C2)C1. The highest BCUT2D eigenvalue weighted by atomic mass is 16.2. The Morgan fingerprint density at radius 1 is 1.23 bits per heavy atom. The quantitative estimate of drug-likeness (QED) is 0.869. The molecule has 0 aliphatic carbocycles. The minimum Gasteiger partial charge on any atom is -0.347 e. The molecule has 0 bridgehead atoms. The van der Waals surface area contributed by atoms with Crippen molar-refractivity contribution >= 4 is 17.7 Å². The van der Waals surface area contributed by atoms with Crippen LogP contribution < -0.4 is 5.32 Å². The molecule has 3 amide bonds. The van der Waals surface area contributed by atoms with Crippen molar-refractivity contribution in [2.75, 3.05) is 26.2 Å². The molecule has 1 N–H and O–H groups in total. The molecule has 3 heterocycles. The third-order valence-corrected chi connectivity index (χ3v) is 5.37. The van der Waals surface area contributed by atoms with Gasteiger partial charge in [0.05, 0.1) is 6.54 Å². The largest absolute Gasteiger partial charge is 0.347 e. The number of carbonyl (C=O) groups is 3. The van der Waals surface area contributed by atoms with Crippen molar-refractivity contribution in [3.8, 4) is 0 Å².